The average molecular weight is 632 g/mol. The quantitative estimate of drug-likeness (QED) is 0.0955. The lowest BCUT2D eigenvalue weighted by atomic mass is 10.0. The summed E-state index contributed by atoms with van der Waals surface area (Å²) in [5.74, 6) is 1.05. The van der Waals surface area contributed by atoms with E-state index in [-0.39, 0.29) is 11.7 Å². The van der Waals surface area contributed by atoms with E-state index in [0.717, 1.165) is 78.6 Å². The second kappa shape index (κ2) is 14.8. The number of benzene rings is 4. The molecule has 0 saturated carbocycles. The summed E-state index contributed by atoms with van der Waals surface area (Å²) in [7, 11) is 1.69. The van der Waals surface area contributed by atoms with E-state index in [1.54, 1.807) is 7.11 Å². The highest BCUT2D eigenvalue weighted by molar-refractivity contribution is 8.04. The summed E-state index contributed by atoms with van der Waals surface area (Å²) in [6, 6.07) is 32.3. The number of hydrogen-bond acceptors (Lipinski definition) is 6. The predicted molar refractivity (Wildman–Crippen MR) is 189 cm³/mol. The summed E-state index contributed by atoms with van der Waals surface area (Å²) in [5.41, 5.74) is 6.10. The Morgan fingerprint density at radius 1 is 0.848 bits per heavy atom. The number of methoxy groups -OCH3 is 1. The Bertz CT molecular complexity index is 1680. The van der Waals surface area contributed by atoms with E-state index < -0.39 is 0 Å². The van der Waals surface area contributed by atoms with E-state index in [4.69, 9.17) is 4.74 Å². The van der Waals surface area contributed by atoms with Crippen molar-refractivity contribution in [1.82, 2.24) is 4.90 Å². The Morgan fingerprint density at radius 2 is 1.57 bits per heavy atom. The first-order valence-corrected chi connectivity index (χ1v) is 16.9. The summed E-state index contributed by atoms with van der Waals surface area (Å²) in [4.78, 5) is 35.2. The van der Waals surface area contributed by atoms with Gasteiger partial charge in [0.05, 0.1) is 24.2 Å². The molecule has 6 nitrogen and oxygen atoms in total. The molecule has 0 N–H and O–H groups in total. The minimum absolute atomic E-state index is 0.00780. The fourth-order valence-corrected chi connectivity index (χ4v) is 7.06. The van der Waals surface area contributed by atoms with Crippen LogP contribution in [0.5, 0.6) is 5.75 Å². The third kappa shape index (κ3) is 7.72. The molecule has 236 valence electrons. The van der Waals surface area contributed by atoms with Crippen LogP contribution >= 0.6 is 11.8 Å². The Labute approximate surface area is 276 Å². The van der Waals surface area contributed by atoms with E-state index in [9.17, 15) is 9.59 Å². The van der Waals surface area contributed by atoms with Crippen LogP contribution in [0.15, 0.2) is 107 Å². The number of ether oxygens (including phenoxy) is 1. The number of fused-ring (bicyclic) bond motifs is 1. The molecule has 2 aliphatic rings. The molecule has 7 heteroatoms. The highest BCUT2D eigenvalue weighted by Gasteiger charge is 2.29. The van der Waals surface area contributed by atoms with Gasteiger partial charge in [-0.2, -0.15) is 0 Å². The molecule has 2 heterocycles. The molecular formula is C39H41N3O3S. The van der Waals surface area contributed by atoms with Gasteiger partial charge in [0.25, 0.3) is 5.91 Å². The van der Waals surface area contributed by atoms with Crippen molar-refractivity contribution in [2.75, 3.05) is 49.6 Å². The van der Waals surface area contributed by atoms with Gasteiger partial charge >= 0.3 is 0 Å². The lowest BCUT2D eigenvalue weighted by molar-refractivity contribution is -0.114. The van der Waals surface area contributed by atoms with Crippen molar-refractivity contribution in [3.05, 3.63) is 124 Å². The largest absolute Gasteiger partial charge is 0.497 e. The molecule has 0 unspecified atom stereocenters. The maximum Gasteiger partial charge on any atom is 0.265 e. The minimum atomic E-state index is -0.00780. The van der Waals surface area contributed by atoms with Gasteiger partial charge in [0.1, 0.15) is 5.75 Å². The number of piperazine rings is 1. The summed E-state index contributed by atoms with van der Waals surface area (Å²) >= 11 is 1.50. The minimum Gasteiger partial charge on any atom is -0.497 e. The monoisotopic (exact) mass is 631 g/mol. The molecule has 4 aromatic carbocycles. The van der Waals surface area contributed by atoms with Crippen LogP contribution in [0.25, 0.3) is 6.08 Å². The van der Waals surface area contributed by atoms with Crippen LogP contribution in [0.4, 0.5) is 11.4 Å². The molecule has 0 aromatic heterocycles. The molecule has 2 aliphatic heterocycles. The van der Waals surface area contributed by atoms with Crippen molar-refractivity contribution in [2.24, 2.45) is 0 Å². The summed E-state index contributed by atoms with van der Waals surface area (Å²) in [5, 5.41) is 0. The van der Waals surface area contributed by atoms with Gasteiger partial charge in [-0.3, -0.25) is 14.5 Å². The third-order valence-corrected chi connectivity index (χ3v) is 9.84. The number of para-hydroxylation sites is 1. The molecule has 0 spiro atoms. The van der Waals surface area contributed by atoms with Gasteiger partial charge in [0.2, 0.25) is 0 Å². The average Bonchev–Trinajstić information content (AvgIpc) is 3.10. The standard InChI is InChI=1S/C39H41N3O3S/c1-29-10-12-31(13-11-29)28-42-35-7-3-4-9-37(35)46-38(39(42)44)27-30-14-16-32(17-15-30)36(43)8-5-6-22-40-23-25-41(26-24-40)33-18-20-34(45-2)21-19-33/h3-4,7,9-21,27H,5-6,8,22-26,28H2,1-2H3/b38-27+. The number of nitrogens with zero attached hydrogens (tertiary/aromatic N) is 3. The topological polar surface area (TPSA) is 53.1 Å². The van der Waals surface area contributed by atoms with Crippen molar-refractivity contribution >= 4 is 40.9 Å². The molecule has 0 radical (unpaired) electrons. The second-order valence-corrected chi connectivity index (χ2v) is 13.1. The molecule has 0 bridgehead atoms. The molecule has 0 atom stereocenters. The molecule has 4 aromatic rings. The number of carbonyl (C=O) groups is 2. The van der Waals surface area contributed by atoms with E-state index in [0.29, 0.717) is 17.9 Å². The van der Waals surface area contributed by atoms with Crippen molar-refractivity contribution in [3.8, 4) is 5.75 Å². The first-order chi connectivity index (χ1) is 22.5. The SMILES string of the molecule is COc1ccc(N2CCN(CCCCC(=O)c3ccc(/C=C4/Sc5ccccc5N(Cc5ccc(C)cc5)C4=O)cc3)CC2)cc1. The number of carbonyl (C=O) groups excluding carboxylic acids is 2. The molecular weight excluding hydrogens is 591 g/mol. The molecule has 46 heavy (non-hydrogen) atoms. The van der Waals surface area contributed by atoms with Gasteiger partial charge in [-0.15, -0.1) is 0 Å². The van der Waals surface area contributed by atoms with Crippen LogP contribution in [0.2, 0.25) is 0 Å². The predicted octanol–water partition coefficient (Wildman–Crippen LogP) is 7.86. The Hall–Kier alpha value is -4.33. The highest BCUT2D eigenvalue weighted by atomic mass is 32.2. The first-order valence-electron chi connectivity index (χ1n) is 16.1. The highest BCUT2D eigenvalue weighted by Crippen LogP contribution is 2.42. The number of aryl methyl sites for hydroxylation is 1. The summed E-state index contributed by atoms with van der Waals surface area (Å²) in [6.07, 6.45) is 4.38. The van der Waals surface area contributed by atoms with Crippen LogP contribution in [-0.4, -0.2) is 56.4 Å². The molecule has 0 aliphatic carbocycles. The third-order valence-electron chi connectivity index (χ3n) is 8.76. The van der Waals surface area contributed by atoms with E-state index in [1.165, 1.54) is 23.0 Å². The summed E-state index contributed by atoms with van der Waals surface area (Å²) in [6.45, 7) is 7.69. The zero-order chi connectivity index (χ0) is 31.9. The first kappa shape index (κ1) is 31.6. The van der Waals surface area contributed by atoms with Gasteiger partial charge in [0.15, 0.2) is 5.78 Å². The fraction of sp³-hybridized carbons (Fsp3) is 0.282. The van der Waals surface area contributed by atoms with Gasteiger partial charge in [-0.25, -0.2) is 0 Å². The Kier molecular flexibility index (Phi) is 10.2. The summed E-state index contributed by atoms with van der Waals surface area (Å²) < 4.78 is 5.27. The number of ketones is 1. The normalized spacial score (nSPS) is 16.0. The van der Waals surface area contributed by atoms with E-state index in [2.05, 4.69) is 59.2 Å². The zero-order valence-electron chi connectivity index (χ0n) is 26.7. The molecule has 1 fully saturated rings. The number of anilines is 2. The van der Waals surface area contributed by atoms with Crippen molar-refractivity contribution in [1.29, 1.82) is 0 Å². The van der Waals surface area contributed by atoms with Crippen molar-refractivity contribution in [3.63, 3.8) is 0 Å². The number of amides is 1. The van der Waals surface area contributed by atoms with Gasteiger partial charge in [-0.1, -0.05) is 78.0 Å². The number of thioether (sulfide) groups is 1. The van der Waals surface area contributed by atoms with Crippen molar-refractivity contribution < 1.29 is 14.3 Å². The van der Waals surface area contributed by atoms with Gasteiger partial charge < -0.3 is 14.5 Å². The lowest BCUT2D eigenvalue weighted by Gasteiger charge is -2.36. The second-order valence-electron chi connectivity index (χ2n) is 12.0. The van der Waals surface area contributed by atoms with Crippen LogP contribution < -0.4 is 14.5 Å². The smallest absolute Gasteiger partial charge is 0.265 e. The molecule has 6 rings (SSSR count). The maximum atomic E-state index is 13.7. The van der Waals surface area contributed by atoms with Crippen LogP contribution in [0.1, 0.15) is 46.3 Å². The number of rotatable bonds is 11. The lowest BCUT2D eigenvalue weighted by Crippen LogP contribution is -2.46. The van der Waals surface area contributed by atoms with Crippen LogP contribution in [0.3, 0.4) is 0 Å². The maximum absolute atomic E-state index is 13.7. The molecule has 1 amide bonds. The van der Waals surface area contributed by atoms with Crippen molar-refractivity contribution in [2.45, 2.75) is 37.6 Å². The van der Waals surface area contributed by atoms with E-state index >= 15 is 0 Å². The number of Topliss-reactive ketones (excluding diaryl/α,β-unsaturated/α-hetero) is 1. The zero-order valence-corrected chi connectivity index (χ0v) is 27.5. The Balaban J connectivity index is 0.994. The Morgan fingerprint density at radius 3 is 2.28 bits per heavy atom. The van der Waals surface area contributed by atoms with Gasteiger partial charge in [-0.05, 0) is 79.9 Å². The van der Waals surface area contributed by atoms with Crippen LogP contribution in [-0.2, 0) is 11.3 Å². The van der Waals surface area contributed by atoms with Crippen LogP contribution in [0, 0.1) is 6.92 Å². The molecule has 1 saturated heterocycles. The fourth-order valence-electron chi connectivity index (χ4n) is 6.00. The van der Waals surface area contributed by atoms with Gasteiger partial charge in [0, 0.05) is 48.7 Å². The number of unbranched alkanes of at least 4 members (excludes halogenated alkanes) is 1. The number of hydrogen-bond donors (Lipinski definition) is 0. The van der Waals surface area contributed by atoms with E-state index in [1.807, 2.05) is 65.6 Å².